The van der Waals surface area contributed by atoms with E-state index >= 15 is 0 Å². The Morgan fingerprint density at radius 2 is 1.79 bits per heavy atom. The summed E-state index contributed by atoms with van der Waals surface area (Å²) < 4.78 is 13.3. The molecule has 2 aromatic carbocycles. The fourth-order valence-electron chi connectivity index (χ4n) is 3.11. The van der Waals surface area contributed by atoms with Crippen molar-refractivity contribution in [3.8, 4) is 23.2 Å². The fraction of sp³-hybridized carbons (Fsp3) is 0.167. The van der Waals surface area contributed by atoms with Crippen LogP contribution < -0.4 is 20.1 Å². The molecule has 0 aliphatic rings. The molecular formula is C24H24N6O3. The Balaban J connectivity index is 1.39. The summed E-state index contributed by atoms with van der Waals surface area (Å²) in [5.74, 6) is 2.26. The molecule has 0 atom stereocenters. The Kier molecular flexibility index (Phi) is 6.49. The monoisotopic (exact) mass is 444 g/mol. The topological polar surface area (TPSA) is 103 Å². The summed E-state index contributed by atoms with van der Waals surface area (Å²) in [6, 6.07) is 15.6. The number of amides is 2. The summed E-state index contributed by atoms with van der Waals surface area (Å²) in [5, 5.41) is 5.59. The number of nitrogens with zero attached hydrogens (tertiary/aromatic N) is 4. The van der Waals surface area contributed by atoms with Gasteiger partial charge in [-0.15, -0.1) is 0 Å². The second-order valence-corrected chi connectivity index (χ2v) is 7.13. The van der Waals surface area contributed by atoms with Gasteiger partial charge in [0.2, 0.25) is 5.88 Å². The maximum atomic E-state index is 12.4. The quantitative estimate of drug-likeness (QED) is 0.410. The second-order valence-electron chi connectivity index (χ2n) is 7.13. The number of ether oxygens (including phenoxy) is 2. The average Bonchev–Trinajstić information content (AvgIpc) is 3.15. The number of carbonyl (C=O) groups excluding carboxylic acids is 1. The Bertz CT molecular complexity index is 1250. The predicted molar refractivity (Wildman–Crippen MR) is 125 cm³/mol. The fourth-order valence-corrected chi connectivity index (χ4v) is 3.11. The van der Waals surface area contributed by atoms with Crippen molar-refractivity contribution in [2.75, 3.05) is 17.2 Å². The highest BCUT2D eigenvalue weighted by molar-refractivity contribution is 6.00. The van der Waals surface area contributed by atoms with E-state index in [1.165, 1.54) is 6.33 Å². The number of carbonyl (C=O) groups is 1. The Morgan fingerprint density at radius 1 is 1.00 bits per heavy atom. The molecule has 9 heteroatoms. The van der Waals surface area contributed by atoms with Gasteiger partial charge in [0.1, 0.15) is 30.0 Å². The lowest BCUT2D eigenvalue weighted by Gasteiger charge is -2.12. The Morgan fingerprint density at radius 3 is 2.52 bits per heavy atom. The molecule has 0 saturated heterocycles. The zero-order valence-corrected chi connectivity index (χ0v) is 18.6. The molecule has 0 unspecified atom stereocenters. The molecule has 2 aromatic heterocycles. The smallest absolute Gasteiger partial charge is 0.323 e. The van der Waals surface area contributed by atoms with Gasteiger partial charge in [0, 0.05) is 17.4 Å². The van der Waals surface area contributed by atoms with Crippen LogP contribution in [0.15, 0.2) is 67.3 Å². The van der Waals surface area contributed by atoms with Crippen LogP contribution in [0.1, 0.15) is 18.3 Å². The van der Waals surface area contributed by atoms with E-state index in [1.54, 1.807) is 48.8 Å². The van der Waals surface area contributed by atoms with E-state index < -0.39 is 0 Å². The van der Waals surface area contributed by atoms with Crippen LogP contribution in [0, 0.1) is 13.8 Å². The summed E-state index contributed by atoms with van der Waals surface area (Å²) in [6.07, 6.45) is 3.16. The van der Waals surface area contributed by atoms with Crippen LogP contribution in [0.2, 0.25) is 0 Å². The highest BCUT2D eigenvalue weighted by Crippen LogP contribution is 2.25. The first-order chi connectivity index (χ1) is 16.0. The van der Waals surface area contributed by atoms with Gasteiger partial charge in [-0.2, -0.15) is 0 Å². The van der Waals surface area contributed by atoms with Crippen LogP contribution in [0.4, 0.5) is 16.2 Å². The standard InChI is InChI=1S/C24H24N6O3/c1-4-32-21-8-6-5-7-20(21)29-24(31)28-18-9-11-19(12-10-18)33-23-13-22(25-14-26-23)30-15-27-16(2)17(30)3/h5-15H,4H2,1-3H3,(H2,28,29,31). The first-order valence-electron chi connectivity index (χ1n) is 10.4. The molecule has 0 spiro atoms. The van der Waals surface area contributed by atoms with Crippen LogP contribution in [0.3, 0.4) is 0 Å². The third kappa shape index (κ3) is 5.27. The van der Waals surface area contributed by atoms with Crippen LogP contribution in [0.5, 0.6) is 17.4 Å². The van der Waals surface area contributed by atoms with Gasteiger partial charge in [0.05, 0.1) is 18.0 Å². The van der Waals surface area contributed by atoms with Gasteiger partial charge in [0.25, 0.3) is 0 Å². The van der Waals surface area contributed by atoms with Crippen LogP contribution in [0.25, 0.3) is 5.82 Å². The van der Waals surface area contributed by atoms with Crippen molar-refractivity contribution in [3.63, 3.8) is 0 Å². The van der Waals surface area contributed by atoms with Crippen molar-refractivity contribution in [3.05, 3.63) is 78.6 Å². The summed E-state index contributed by atoms with van der Waals surface area (Å²) >= 11 is 0. The number of rotatable bonds is 7. The molecule has 168 valence electrons. The number of aromatic nitrogens is 4. The van der Waals surface area contributed by atoms with Gasteiger partial charge in [-0.1, -0.05) is 12.1 Å². The SMILES string of the molecule is CCOc1ccccc1NC(=O)Nc1ccc(Oc2cc(-n3cnc(C)c3C)ncn2)cc1. The van der Waals surface area contributed by atoms with E-state index in [-0.39, 0.29) is 6.03 Å². The Hall–Kier alpha value is -4.40. The molecule has 0 aliphatic heterocycles. The number of nitrogens with one attached hydrogen (secondary N) is 2. The van der Waals surface area contributed by atoms with Crippen molar-refractivity contribution in [1.29, 1.82) is 0 Å². The lowest BCUT2D eigenvalue weighted by atomic mass is 10.3. The highest BCUT2D eigenvalue weighted by atomic mass is 16.5. The maximum absolute atomic E-state index is 12.4. The summed E-state index contributed by atoms with van der Waals surface area (Å²) in [7, 11) is 0. The molecule has 0 fully saturated rings. The van der Waals surface area contributed by atoms with Crippen LogP contribution in [-0.4, -0.2) is 32.2 Å². The maximum Gasteiger partial charge on any atom is 0.323 e. The zero-order chi connectivity index (χ0) is 23.2. The molecule has 0 bridgehead atoms. The molecule has 9 nitrogen and oxygen atoms in total. The van der Waals surface area contributed by atoms with Gasteiger partial charge in [-0.25, -0.2) is 19.7 Å². The summed E-state index contributed by atoms with van der Waals surface area (Å²) in [6.45, 7) is 6.32. The van der Waals surface area contributed by atoms with E-state index in [1.807, 2.05) is 37.5 Å². The molecule has 33 heavy (non-hydrogen) atoms. The summed E-state index contributed by atoms with van der Waals surface area (Å²) in [4.78, 5) is 25.1. The molecule has 0 saturated carbocycles. The number of urea groups is 1. The van der Waals surface area contributed by atoms with E-state index in [2.05, 4.69) is 25.6 Å². The third-order valence-corrected chi connectivity index (χ3v) is 4.90. The predicted octanol–water partition coefficient (Wildman–Crippen LogP) is 5.11. The first-order valence-corrected chi connectivity index (χ1v) is 10.4. The lowest BCUT2D eigenvalue weighted by molar-refractivity contribution is 0.262. The van der Waals surface area contributed by atoms with Crippen molar-refractivity contribution < 1.29 is 14.3 Å². The minimum absolute atomic E-state index is 0.373. The number of anilines is 2. The third-order valence-electron chi connectivity index (χ3n) is 4.90. The number of imidazole rings is 1. The Labute approximate surface area is 191 Å². The number of aryl methyl sites for hydroxylation is 1. The molecular weight excluding hydrogens is 420 g/mol. The minimum Gasteiger partial charge on any atom is -0.492 e. The molecule has 2 N–H and O–H groups in total. The first kappa shape index (κ1) is 21.8. The second kappa shape index (κ2) is 9.82. The van der Waals surface area contributed by atoms with E-state index in [0.717, 1.165) is 11.4 Å². The van der Waals surface area contributed by atoms with Gasteiger partial charge in [-0.05, 0) is 57.2 Å². The largest absolute Gasteiger partial charge is 0.492 e. The van der Waals surface area contributed by atoms with E-state index in [0.29, 0.717) is 41.2 Å². The zero-order valence-electron chi connectivity index (χ0n) is 18.6. The van der Waals surface area contributed by atoms with Crippen molar-refractivity contribution in [2.24, 2.45) is 0 Å². The van der Waals surface area contributed by atoms with Crippen molar-refractivity contribution in [1.82, 2.24) is 19.5 Å². The molecule has 0 aliphatic carbocycles. The number of hydrogen-bond donors (Lipinski definition) is 2. The number of hydrogen-bond acceptors (Lipinski definition) is 6. The molecule has 0 radical (unpaired) electrons. The minimum atomic E-state index is -0.373. The van der Waals surface area contributed by atoms with Gasteiger partial charge in [0.15, 0.2) is 0 Å². The van der Waals surface area contributed by atoms with Gasteiger partial charge in [-0.3, -0.25) is 4.57 Å². The van der Waals surface area contributed by atoms with Gasteiger partial charge < -0.3 is 20.1 Å². The van der Waals surface area contributed by atoms with E-state index in [4.69, 9.17) is 9.47 Å². The average molecular weight is 444 g/mol. The molecule has 4 aromatic rings. The highest BCUT2D eigenvalue weighted by Gasteiger charge is 2.10. The van der Waals surface area contributed by atoms with Crippen molar-refractivity contribution >= 4 is 17.4 Å². The number of benzene rings is 2. The molecule has 2 heterocycles. The van der Waals surface area contributed by atoms with Gasteiger partial charge >= 0.3 is 6.03 Å². The lowest BCUT2D eigenvalue weighted by Crippen LogP contribution is -2.19. The molecule has 4 rings (SSSR count). The molecule has 2 amide bonds. The van der Waals surface area contributed by atoms with Crippen LogP contribution >= 0.6 is 0 Å². The normalized spacial score (nSPS) is 10.5. The number of para-hydroxylation sites is 2. The van der Waals surface area contributed by atoms with Crippen LogP contribution in [-0.2, 0) is 0 Å². The van der Waals surface area contributed by atoms with Crippen molar-refractivity contribution in [2.45, 2.75) is 20.8 Å². The van der Waals surface area contributed by atoms with E-state index in [9.17, 15) is 4.79 Å². The summed E-state index contributed by atoms with van der Waals surface area (Å²) in [5.41, 5.74) is 3.14.